The smallest absolute Gasteiger partial charge is 0.161 e. The zero-order chi connectivity index (χ0) is 13.1. The lowest BCUT2D eigenvalue weighted by atomic mass is 10.0. The van der Waals surface area contributed by atoms with E-state index >= 15 is 0 Å². The van der Waals surface area contributed by atoms with Crippen LogP contribution in [0.4, 0.5) is 10.1 Å². The van der Waals surface area contributed by atoms with Gasteiger partial charge in [-0.15, -0.1) is 0 Å². The minimum atomic E-state index is -0.218. The highest BCUT2D eigenvalue weighted by atomic mass is 32.2. The second-order valence-electron chi connectivity index (χ2n) is 4.97. The van der Waals surface area contributed by atoms with Crippen molar-refractivity contribution in [3.63, 3.8) is 0 Å². The minimum absolute atomic E-state index is 0.218. The molecule has 1 aromatic carbocycles. The molecule has 0 amide bonds. The first-order valence-corrected chi connectivity index (χ1v) is 7.28. The van der Waals surface area contributed by atoms with Crippen LogP contribution in [0, 0.1) is 18.7 Å². The molecule has 0 spiro atoms. The topological polar surface area (TPSA) is 24.4 Å². The number of benzene rings is 1. The van der Waals surface area contributed by atoms with Crippen LogP contribution in [0.5, 0.6) is 0 Å². The van der Waals surface area contributed by atoms with Gasteiger partial charge < -0.3 is 5.32 Å². The Morgan fingerprint density at radius 1 is 1.44 bits per heavy atom. The van der Waals surface area contributed by atoms with E-state index in [0.717, 1.165) is 28.6 Å². The van der Waals surface area contributed by atoms with Gasteiger partial charge in [0.25, 0.3) is 0 Å². The minimum Gasteiger partial charge on any atom is -0.335 e. The highest BCUT2D eigenvalue weighted by Crippen LogP contribution is 2.25. The maximum atomic E-state index is 13.2. The molecule has 4 heteroatoms. The summed E-state index contributed by atoms with van der Waals surface area (Å²) < 4.78 is 13.2. The number of thioether (sulfide) groups is 1. The molecule has 2 rings (SSSR count). The molecule has 0 fully saturated rings. The molecule has 1 aromatic rings. The van der Waals surface area contributed by atoms with Gasteiger partial charge in [0, 0.05) is 11.4 Å². The average molecular weight is 266 g/mol. The van der Waals surface area contributed by atoms with Gasteiger partial charge in [0.2, 0.25) is 0 Å². The lowest BCUT2D eigenvalue weighted by molar-refractivity contribution is 0.485. The highest BCUT2D eigenvalue weighted by Gasteiger charge is 2.18. The summed E-state index contributed by atoms with van der Waals surface area (Å²) in [5.74, 6) is 1.41. The van der Waals surface area contributed by atoms with Crippen LogP contribution in [0.3, 0.4) is 0 Å². The number of hydrogen-bond donors (Lipinski definition) is 1. The molecular weight excluding hydrogens is 247 g/mol. The lowest BCUT2D eigenvalue weighted by Crippen LogP contribution is -2.24. The first-order chi connectivity index (χ1) is 8.56. The third kappa shape index (κ3) is 3.25. The van der Waals surface area contributed by atoms with Gasteiger partial charge in [0.15, 0.2) is 5.17 Å². The van der Waals surface area contributed by atoms with E-state index in [0.29, 0.717) is 12.0 Å². The van der Waals surface area contributed by atoms with Gasteiger partial charge in [-0.25, -0.2) is 4.39 Å². The number of rotatable bonds is 2. The molecule has 18 heavy (non-hydrogen) atoms. The van der Waals surface area contributed by atoms with Crippen LogP contribution in [-0.4, -0.2) is 17.0 Å². The van der Waals surface area contributed by atoms with Crippen molar-refractivity contribution in [2.75, 3.05) is 11.1 Å². The van der Waals surface area contributed by atoms with Gasteiger partial charge in [-0.1, -0.05) is 31.7 Å². The Bertz CT molecular complexity index is 457. The van der Waals surface area contributed by atoms with Crippen LogP contribution in [0.2, 0.25) is 0 Å². The first kappa shape index (κ1) is 13.4. The molecule has 1 atom stereocenters. The van der Waals surface area contributed by atoms with Crippen LogP contribution in [-0.2, 0) is 0 Å². The number of nitrogens with one attached hydrogen (secondary N) is 1. The van der Waals surface area contributed by atoms with Gasteiger partial charge >= 0.3 is 0 Å². The van der Waals surface area contributed by atoms with Gasteiger partial charge in [0.1, 0.15) is 5.82 Å². The van der Waals surface area contributed by atoms with E-state index in [-0.39, 0.29) is 5.82 Å². The van der Waals surface area contributed by atoms with Gasteiger partial charge in [0.05, 0.1) is 6.04 Å². The molecule has 0 saturated carbocycles. The molecule has 1 aliphatic rings. The maximum Gasteiger partial charge on any atom is 0.161 e. The summed E-state index contributed by atoms with van der Waals surface area (Å²) in [6.07, 6.45) is 1.12. The number of aryl methyl sites for hydroxylation is 1. The molecule has 1 N–H and O–H groups in total. The highest BCUT2D eigenvalue weighted by molar-refractivity contribution is 8.14. The number of halogens is 1. The van der Waals surface area contributed by atoms with Crippen molar-refractivity contribution in [1.29, 1.82) is 0 Å². The van der Waals surface area contributed by atoms with Crippen LogP contribution >= 0.6 is 11.8 Å². The summed E-state index contributed by atoms with van der Waals surface area (Å²) >= 11 is 1.71. The van der Waals surface area contributed by atoms with Crippen molar-refractivity contribution in [2.24, 2.45) is 10.9 Å². The summed E-state index contributed by atoms with van der Waals surface area (Å²) in [4.78, 5) is 4.69. The van der Waals surface area contributed by atoms with Crippen molar-refractivity contribution < 1.29 is 4.39 Å². The molecule has 0 aliphatic carbocycles. The number of nitrogens with zero attached hydrogens (tertiary/aromatic N) is 1. The van der Waals surface area contributed by atoms with E-state index in [1.54, 1.807) is 17.8 Å². The van der Waals surface area contributed by atoms with E-state index in [1.165, 1.54) is 12.1 Å². The molecule has 1 aliphatic heterocycles. The Morgan fingerprint density at radius 3 is 2.94 bits per heavy atom. The molecule has 98 valence electrons. The molecule has 1 unspecified atom stereocenters. The summed E-state index contributed by atoms with van der Waals surface area (Å²) in [6, 6.07) is 5.17. The summed E-state index contributed by atoms with van der Waals surface area (Å²) in [5.41, 5.74) is 1.84. The van der Waals surface area contributed by atoms with Crippen LogP contribution in [0.25, 0.3) is 0 Å². The predicted molar refractivity (Wildman–Crippen MR) is 77.9 cm³/mol. The second-order valence-corrected chi connectivity index (χ2v) is 6.05. The normalized spacial score (nSPS) is 19.8. The van der Waals surface area contributed by atoms with Crippen LogP contribution in [0.1, 0.15) is 25.8 Å². The monoisotopic (exact) mass is 266 g/mol. The van der Waals surface area contributed by atoms with Crippen molar-refractivity contribution in [3.8, 4) is 0 Å². The zero-order valence-corrected chi connectivity index (χ0v) is 11.9. The molecule has 1 heterocycles. The van der Waals surface area contributed by atoms with E-state index < -0.39 is 0 Å². The fourth-order valence-corrected chi connectivity index (χ4v) is 2.87. The van der Waals surface area contributed by atoms with Crippen molar-refractivity contribution in [1.82, 2.24) is 0 Å². The largest absolute Gasteiger partial charge is 0.335 e. The Hall–Kier alpha value is -1.03. The molecule has 0 aromatic heterocycles. The van der Waals surface area contributed by atoms with Crippen molar-refractivity contribution in [2.45, 2.75) is 33.2 Å². The first-order valence-electron chi connectivity index (χ1n) is 6.30. The van der Waals surface area contributed by atoms with Gasteiger partial charge in [-0.05, 0) is 37.0 Å². The van der Waals surface area contributed by atoms with Gasteiger partial charge in [-0.2, -0.15) is 0 Å². The van der Waals surface area contributed by atoms with E-state index in [4.69, 9.17) is 4.99 Å². The molecule has 0 saturated heterocycles. The van der Waals surface area contributed by atoms with E-state index in [2.05, 4.69) is 19.2 Å². The fourth-order valence-electron chi connectivity index (χ4n) is 1.92. The number of amidine groups is 1. The third-order valence-corrected chi connectivity index (χ3v) is 4.07. The average Bonchev–Trinajstić information content (AvgIpc) is 2.34. The number of anilines is 1. The van der Waals surface area contributed by atoms with Crippen molar-refractivity contribution in [3.05, 3.63) is 29.6 Å². The third-order valence-electron chi connectivity index (χ3n) is 3.15. The summed E-state index contributed by atoms with van der Waals surface area (Å²) in [5, 5.41) is 4.16. The van der Waals surface area contributed by atoms with Crippen molar-refractivity contribution >= 4 is 22.6 Å². The van der Waals surface area contributed by atoms with E-state index in [1.807, 2.05) is 6.92 Å². The molecular formula is C14H19FN2S. The Balaban J connectivity index is 2.15. The quantitative estimate of drug-likeness (QED) is 0.873. The lowest BCUT2D eigenvalue weighted by Gasteiger charge is -2.23. The fraction of sp³-hybridized carbons (Fsp3) is 0.500. The van der Waals surface area contributed by atoms with E-state index in [9.17, 15) is 4.39 Å². The van der Waals surface area contributed by atoms with Gasteiger partial charge in [-0.3, -0.25) is 4.99 Å². The Labute approximate surface area is 112 Å². The Kier molecular flexibility index (Phi) is 4.27. The molecule has 2 nitrogen and oxygen atoms in total. The van der Waals surface area contributed by atoms with Crippen LogP contribution in [0.15, 0.2) is 23.2 Å². The maximum absolute atomic E-state index is 13.2. The molecule has 0 radical (unpaired) electrons. The SMILES string of the molecule is Cc1ccc(F)cc1NC1=NC(C(C)C)CCS1. The second kappa shape index (κ2) is 5.74. The Morgan fingerprint density at radius 2 is 2.22 bits per heavy atom. The zero-order valence-electron chi connectivity index (χ0n) is 11.0. The number of hydrogen-bond acceptors (Lipinski definition) is 3. The summed E-state index contributed by atoms with van der Waals surface area (Å²) in [7, 11) is 0. The predicted octanol–water partition coefficient (Wildman–Crippen LogP) is 4.06. The number of aliphatic imine (C=N–C) groups is 1. The summed E-state index contributed by atoms with van der Waals surface area (Å²) in [6.45, 7) is 6.35. The molecule has 0 bridgehead atoms. The standard InChI is InChI=1S/C14H19FN2S/c1-9(2)12-6-7-18-14(16-12)17-13-8-11(15)5-4-10(13)3/h4-5,8-9,12H,6-7H2,1-3H3,(H,16,17). The van der Waals surface area contributed by atoms with Crippen LogP contribution < -0.4 is 5.32 Å².